The zero-order valence-electron chi connectivity index (χ0n) is 5.42. The number of hydrogen-bond donors (Lipinski definition) is 1. The molecule has 0 saturated carbocycles. The predicted octanol–water partition coefficient (Wildman–Crippen LogP) is -0.603. The van der Waals surface area contributed by atoms with Crippen molar-refractivity contribution in [3.05, 3.63) is 0 Å². The van der Waals surface area contributed by atoms with Gasteiger partial charge in [0, 0.05) is 0 Å². The molecular formula is C5H7NO4. The Balaban J connectivity index is 2.43. The minimum Gasteiger partial charge on any atom is -0.374 e. The molecule has 0 aliphatic carbocycles. The number of carbonyl (C=O) groups excluding carboxylic acids is 2. The van der Waals surface area contributed by atoms with Crippen molar-refractivity contribution >= 4 is 12.1 Å². The molecule has 0 bridgehead atoms. The first-order valence-electron chi connectivity index (χ1n) is 2.70. The van der Waals surface area contributed by atoms with E-state index in [0.717, 1.165) is 0 Å². The molecule has 1 atom stereocenters. The zero-order chi connectivity index (χ0) is 7.78. The molecule has 1 heterocycles. The Bertz CT molecular complexity index is 184. The van der Waals surface area contributed by atoms with E-state index in [1.165, 1.54) is 6.92 Å². The predicted molar refractivity (Wildman–Crippen MR) is 30.0 cm³/mol. The van der Waals surface area contributed by atoms with Crippen LogP contribution in [-0.4, -0.2) is 24.3 Å². The highest BCUT2D eigenvalue weighted by molar-refractivity contribution is 5.90. The monoisotopic (exact) mass is 145 g/mol. The molecule has 56 valence electrons. The molecule has 5 nitrogen and oxygen atoms in total. The van der Waals surface area contributed by atoms with Crippen LogP contribution in [0.2, 0.25) is 0 Å². The molecule has 1 saturated heterocycles. The van der Waals surface area contributed by atoms with Gasteiger partial charge in [-0.25, -0.2) is 9.59 Å². The fourth-order valence-corrected chi connectivity index (χ4v) is 0.425. The van der Waals surface area contributed by atoms with Gasteiger partial charge in [0.2, 0.25) is 0 Å². The van der Waals surface area contributed by atoms with Crippen molar-refractivity contribution in [3.63, 3.8) is 0 Å². The minimum absolute atomic E-state index is 0.291. The summed E-state index contributed by atoms with van der Waals surface area (Å²) < 4.78 is 8.73. The van der Waals surface area contributed by atoms with Crippen molar-refractivity contribution in [2.75, 3.05) is 6.61 Å². The largest absolute Gasteiger partial charge is 0.412 e. The van der Waals surface area contributed by atoms with Crippen LogP contribution in [0.25, 0.3) is 0 Å². The standard InChI is InChI=1S/C5H7NO4/c1-5(2-9-5)3(7)10-4(6)8/h2H2,1H3,(H2,6,8). The summed E-state index contributed by atoms with van der Waals surface area (Å²) in [5.41, 5.74) is 3.66. The van der Waals surface area contributed by atoms with Gasteiger partial charge in [-0.15, -0.1) is 0 Å². The number of carbonyl (C=O) groups is 2. The van der Waals surface area contributed by atoms with Gasteiger partial charge in [-0.3, -0.25) is 0 Å². The Hall–Kier alpha value is -1.10. The third kappa shape index (κ3) is 1.24. The highest BCUT2D eigenvalue weighted by Gasteiger charge is 2.49. The van der Waals surface area contributed by atoms with E-state index in [0.29, 0.717) is 6.61 Å². The molecule has 5 heteroatoms. The van der Waals surface area contributed by atoms with Crippen LogP contribution in [0, 0.1) is 0 Å². The average molecular weight is 145 g/mol. The van der Waals surface area contributed by atoms with Crippen LogP contribution in [0.15, 0.2) is 0 Å². The third-order valence-corrected chi connectivity index (χ3v) is 1.20. The lowest BCUT2D eigenvalue weighted by Gasteiger charge is -2.00. The quantitative estimate of drug-likeness (QED) is 0.303. The number of esters is 1. The van der Waals surface area contributed by atoms with Crippen LogP contribution in [0.4, 0.5) is 4.79 Å². The highest BCUT2D eigenvalue weighted by Crippen LogP contribution is 2.26. The lowest BCUT2D eigenvalue weighted by molar-refractivity contribution is -0.142. The zero-order valence-corrected chi connectivity index (χ0v) is 5.42. The van der Waals surface area contributed by atoms with E-state index in [2.05, 4.69) is 15.2 Å². The molecule has 0 aromatic heterocycles. The lowest BCUT2D eigenvalue weighted by Crippen LogP contribution is -2.28. The molecule has 1 rings (SSSR count). The van der Waals surface area contributed by atoms with Crippen LogP contribution in [0.1, 0.15) is 6.92 Å². The Morgan fingerprint density at radius 3 is 2.50 bits per heavy atom. The van der Waals surface area contributed by atoms with Gasteiger partial charge >= 0.3 is 12.1 Å². The number of amides is 1. The molecule has 0 aromatic carbocycles. The van der Waals surface area contributed by atoms with Gasteiger partial charge in [-0.05, 0) is 6.92 Å². The van der Waals surface area contributed by atoms with E-state index in [4.69, 9.17) is 0 Å². The van der Waals surface area contributed by atoms with Crippen LogP contribution < -0.4 is 5.73 Å². The van der Waals surface area contributed by atoms with E-state index in [1.54, 1.807) is 0 Å². The van der Waals surface area contributed by atoms with Crippen molar-refractivity contribution in [1.29, 1.82) is 0 Å². The van der Waals surface area contributed by atoms with Crippen LogP contribution in [0.5, 0.6) is 0 Å². The molecule has 0 aromatic rings. The molecule has 0 spiro atoms. The van der Waals surface area contributed by atoms with Gasteiger partial charge in [0.1, 0.15) is 0 Å². The molecule has 1 amide bonds. The Morgan fingerprint density at radius 2 is 2.20 bits per heavy atom. The van der Waals surface area contributed by atoms with Gasteiger partial charge in [0.05, 0.1) is 6.61 Å². The normalized spacial score (nSPS) is 29.3. The Labute approximate surface area is 57.1 Å². The fourth-order valence-electron chi connectivity index (χ4n) is 0.425. The molecule has 1 unspecified atom stereocenters. The first kappa shape index (κ1) is 7.01. The van der Waals surface area contributed by atoms with Crippen LogP contribution >= 0.6 is 0 Å². The van der Waals surface area contributed by atoms with E-state index >= 15 is 0 Å². The van der Waals surface area contributed by atoms with Crippen molar-refractivity contribution in [2.45, 2.75) is 12.5 Å². The van der Waals surface area contributed by atoms with Crippen molar-refractivity contribution in [1.82, 2.24) is 0 Å². The van der Waals surface area contributed by atoms with Crippen LogP contribution in [0.3, 0.4) is 0 Å². The molecule has 1 aliphatic rings. The van der Waals surface area contributed by atoms with Gasteiger partial charge in [0.15, 0.2) is 5.60 Å². The maximum Gasteiger partial charge on any atom is 0.412 e. The number of hydrogen-bond acceptors (Lipinski definition) is 4. The van der Waals surface area contributed by atoms with Gasteiger partial charge < -0.3 is 15.2 Å². The number of ether oxygens (including phenoxy) is 2. The summed E-state index contributed by atoms with van der Waals surface area (Å²) in [7, 11) is 0. The second kappa shape index (κ2) is 1.95. The van der Waals surface area contributed by atoms with E-state index < -0.39 is 17.7 Å². The maximum atomic E-state index is 10.7. The van der Waals surface area contributed by atoms with E-state index in [9.17, 15) is 9.59 Å². The molecule has 10 heavy (non-hydrogen) atoms. The number of rotatable bonds is 1. The number of epoxide rings is 1. The van der Waals surface area contributed by atoms with Crippen molar-refractivity contribution < 1.29 is 19.1 Å². The Morgan fingerprint density at radius 1 is 1.70 bits per heavy atom. The molecule has 0 radical (unpaired) electrons. The second-order valence-electron chi connectivity index (χ2n) is 2.23. The van der Waals surface area contributed by atoms with Gasteiger partial charge in [0.25, 0.3) is 0 Å². The van der Waals surface area contributed by atoms with Gasteiger partial charge in [-0.1, -0.05) is 0 Å². The maximum absolute atomic E-state index is 10.7. The summed E-state index contributed by atoms with van der Waals surface area (Å²) in [5.74, 6) is -0.722. The summed E-state index contributed by atoms with van der Waals surface area (Å²) in [5, 5.41) is 0. The lowest BCUT2D eigenvalue weighted by atomic mass is 10.2. The Kier molecular flexibility index (Phi) is 1.37. The number of primary amides is 1. The summed E-state index contributed by atoms with van der Waals surface area (Å²) in [6.45, 7) is 1.82. The SMILES string of the molecule is CC1(C(=O)OC(N)=O)CO1. The number of nitrogens with two attached hydrogens (primary N) is 1. The first-order valence-corrected chi connectivity index (χ1v) is 2.70. The van der Waals surface area contributed by atoms with Gasteiger partial charge in [-0.2, -0.15) is 0 Å². The molecule has 2 N–H and O–H groups in total. The summed E-state index contributed by atoms with van der Waals surface area (Å²) in [6.07, 6.45) is -1.10. The summed E-state index contributed by atoms with van der Waals surface area (Å²) >= 11 is 0. The van der Waals surface area contributed by atoms with Crippen molar-refractivity contribution in [2.24, 2.45) is 5.73 Å². The summed E-state index contributed by atoms with van der Waals surface area (Å²) in [4.78, 5) is 20.7. The average Bonchev–Trinajstić information content (AvgIpc) is 2.47. The topological polar surface area (TPSA) is 81.9 Å². The molecular weight excluding hydrogens is 138 g/mol. The van der Waals surface area contributed by atoms with E-state index in [-0.39, 0.29) is 0 Å². The van der Waals surface area contributed by atoms with E-state index in [1.807, 2.05) is 0 Å². The van der Waals surface area contributed by atoms with Crippen LogP contribution in [-0.2, 0) is 14.3 Å². The fraction of sp³-hybridized carbons (Fsp3) is 0.600. The van der Waals surface area contributed by atoms with Crippen molar-refractivity contribution in [3.8, 4) is 0 Å². The first-order chi connectivity index (χ1) is 4.54. The third-order valence-electron chi connectivity index (χ3n) is 1.20. The second-order valence-corrected chi connectivity index (χ2v) is 2.23. The minimum atomic E-state index is -1.10. The smallest absolute Gasteiger partial charge is 0.374 e. The summed E-state index contributed by atoms with van der Waals surface area (Å²) in [6, 6.07) is 0. The molecule has 1 fully saturated rings. The highest BCUT2D eigenvalue weighted by atomic mass is 16.7. The molecule has 1 aliphatic heterocycles.